The maximum Gasteiger partial charge on any atom is 0.243 e. The molecule has 0 bridgehead atoms. The molecule has 0 aliphatic heterocycles. The van der Waals surface area contributed by atoms with Crippen LogP contribution in [0.2, 0.25) is 0 Å². The summed E-state index contributed by atoms with van der Waals surface area (Å²) in [5.41, 5.74) is 2.87. The molecule has 0 heterocycles. The van der Waals surface area contributed by atoms with Gasteiger partial charge in [-0.2, -0.15) is 0 Å². The SMILES string of the molecule is CCCOc1cccc(NCC(=O)Nc2cccc(OCCCc3ccccc3)c2)c1. The number of rotatable bonds is 12. The number of anilines is 2. The van der Waals surface area contributed by atoms with E-state index in [0.29, 0.717) is 18.9 Å². The highest BCUT2D eigenvalue weighted by Crippen LogP contribution is 2.19. The van der Waals surface area contributed by atoms with E-state index in [1.807, 2.05) is 66.7 Å². The van der Waals surface area contributed by atoms with Gasteiger partial charge in [0.05, 0.1) is 19.8 Å². The Morgan fingerprint density at radius 2 is 1.48 bits per heavy atom. The Bertz CT molecular complexity index is 944. The highest BCUT2D eigenvalue weighted by atomic mass is 16.5. The maximum absolute atomic E-state index is 12.3. The van der Waals surface area contributed by atoms with Crippen molar-refractivity contribution in [2.75, 3.05) is 30.4 Å². The van der Waals surface area contributed by atoms with E-state index in [-0.39, 0.29) is 12.5 Å². The van der Waals surface area contributed by atoms with Crippen LogP contribution in [0.5, 0.6) is 11.5 Å². The Hall–Kier alpha value is -3.47. The molecule has 3 rings (SSSR count). The molecule has 0 radical (unpaired) electrons. The predicted molar refractivity (Wildman–Crippen MR) is 126 cm³/mol. The van der Waals surface area contributed by atoms with Crippen molar-refractivity contribution in [1.29, 1.82) is 0 Å². The van der Waals surface area contributed by atoms with Crippen LogP contribution in [0.25, 0.3) is 0 Å². The molecular weight excluding hydrogens is 388 g/mol. The first-order valence-electron chi connectivity index (χ1n) is 10.8. The molecule has 5 nitrogen and oxygen atoms in total. The second kappa shape index (κ2) is 12.3. The summed E-state index contributed by atoms with van der Waals surface area (Å²) in [6.07, 6.45) is 2.87. The smallest absolute Gasteiger partial charge is 0.243 e. The van der Waals surface area contributed by atoms with E-state index in [9.17, 15) is 4.79 Å². The Morgan fingerprint density at radius 3 is 2.23 bits per heavy atom. The number of carbonyl (C=O) groups is 1. The van der Waals surface area contributed by atoms with Crippen molar-refractivity contribution in [1.82, 2.24) is 0 Å². The highest BCUT2D eigenvalue weighted by molar-refractivity contribution is 5.93. The summed E-state index contributed by atoms with van der Waals surface area (Å²) in [5.74, 6) is 1.42. The Morgan fingerprint density at radius 1 is 0.806 bits per heavy atom. The fraction of sp³-hybridized carbons (Fsp3) is 0.269. The minimum absolute atomic E-state index is 0.124. The van der Waals surface area contributed by atoms with Crippen LogP contribution < -0.4 is 20.1 Å². The third-order valence-corrected chi connectivity index (χ3v) is 4.60. The van der Waals surface area contributed by atoms with Gasteiger partial charge in [-0.3, -0.25) is 4.79 Å². The van der Waals surface area contributed by atoms with Crippen LogP contribution >= 0.6 is 0 Å². The van der Waals surface area contributed by atoms with Crippen LogP contribution in [-0.4, -0.2) is 25.7 Å². The molecule has 0 unspecified atom stereocenters. The first-order chi connectivity index (χ1) is 15.2. The topological polar surface area (TPSA) is 59.6 Å². The van der Waals surface area contributed by atoms with Gasteiger partial charge in [-0.25, -0.2) is 0 Å². The zero-order valence-corrected chi connectivity index (χ0v) is 18.0. The van der Waals surface area contributed by atoms with Crippen LogP contribution in [0.15, 0.2) is 78.9 Å². The molecule has 3 aromatic carbocycles. The average molecular weight is 419 g/mol. The van der Waals surface area contributed by atoms with Gasteiger partial charge in [0.2, 0.25) is 5.91 Å². The number of hydrogen-bond donors (Lipinski definition) is 2. The first-order valence-corrected chi connectivity index (χ1v) is 10.8. The molecule has 162 valence electrons. The van der Waals surface area contributed by atoms with E-state index in [1.165, 1.54) is 5.56 Å². The molecule has 0 spiro atoms. The summed E-state index contributed by atoms with van der Waals surface area (Å²) < 4.78 is 11.5. The molecule has 31 heavy (non-hydrogen) atoms. The van der Waals surface area contributed by atoms with Gasteiger partial charge in [0.25, 0.3) is 0 Å². The van der Waals surface area contributed by atoms with Crippen LogP contribution in [0.1, 0.15) is 25.3 Å². The van der Waals surface area contributed by atoms with E-state index in [1.54, 1.807) is 0 Å². The van der Waals surface area contributed by atoms with Gasteiger partial charge in [0, 0.05) is 23.5 Å². The molecule has 2 N–H and O–H groups in total. The maximum atomic E-state index is 12.3. The number of carbonyl (C=O) groups excluding carboxylic acids is 1. The Kier molecular flexibility index (Phi) is 8.80. The van der Waals surface area contributed by atoms with Gasteiger partial charge in [-0.15, -0.1) is 0 Å². The summed E-state index contributed by atoms with van der Waals surface area (Å²) in [4.78, 5) is 12.3. The number of amides is 1. The molecule has 0 atom stereocenters. The summed E-state index contributed by atoms with van der Waals surface area (Å²) in [7, 11) is 0. The summed E-state index contributed by atoms with van der Waals surface area (Å²) in [5, 5.41) is 6.04. The number of ether oxygens (including phenoxy) is 2. The van der Waals surface area contributed by atoms with Crippen molar-refractivity contribution in [3.8, 4) is 11.5 Å². The van der Waals surface area contributed by atoms with Gasteiger partial charge in [0.1, 0.15) is 11.5 Å². The number of nitrogens with one attached hydrogen (secondary N) is 2. The van der Waals surface area contributed by atoms with Crippen molar-refractivity contribution in [3.05, 3.63) is 84.4 Å². The van der Waals surface area contributed by atoms with Gasteiger partial charge in [-0.05, 0) is 49.1 Å². The predicted octanol–water partition coefficient (Wildman–Crippen LogP) is 5.54. The largest absolute Gasteiger partial charge is 0.494 e. The summed E-state index contributed by atoms with van der Waals surface area (Å²) in [6.45, 7) is 3.54. The van der Waals surface area contributed by atoms with E-state index in [4.69, 9.17) is 9.47 Å². The van der Waals surface area contributed by atoms with Crippen molar-refractivity contribution in [2.24, 2.45) is 0 Å². The molecule has 1 amide bonds. The average Bonchev–Trinajstić information content (AvgIpc) is 2.80. The highest BCUT2D eigenvalue weighted by Gasteiger charge is 2.05. The van der Waals surface area contributed by atoms with Crippen molar-refractivity contribution in [2.45, 2.75) is 26.2 Å². The summed E-state index contributed by atoms with van der Waals surface area (Å²) in [6, 6.07) is 25.5. The number of hydrogen-bond acceptors (Lipinski definition) is 4. The number of aryl methyl sites for hydroxylation is 1. The molecule has 0 fully saturated rings. The molecule has 0 aliphatic carbocycles. The van der Waals surface area contributed by atoms with E-state index in [0.717, 1.165) is 36.4 Å². The first kappa shape index (κ1) is 22.2. The normalized spacial score (nSPS) is 10.4. The Labute approximate surface area is 184 Å². The van der Waals surface area contributed by atoms with Gasteiger partial charge in [0.15, 0.2) is 0 Å². The summed E-state index contributed by atoms with van der Waals surface area (Å²) >= 11 is 0. The fourth-order valence-corrected chi connectivity index (χ4v) is 3.08. The van der Waals surface area contributed by atoms with Gasteiger partial charge >= 0.3 is 0 Å². The molecule has 0 aromatic heterocycles. The lowest BCUT2D eigenvalue weighted by molar-refractivity contribution is -0.114. The number of benzene rings is 3. The zero-order valence-electron chi connectivity index (χ0n) is 18.0. The third kappa shape index (κ3) is 8.05. The van der Waals surface area contributed by atoms with Crippen LogP contribution in [0.4, 0.5) is 11.4 Å². The van der Waals surface area contributed by atoms with Crippen molar-refractivity contribution in [3.63, 3.8) is 0 Å². The Balaban J connectivity index is 1.42. The zero-order chi connectivity index (χ0) is 21.7. The lowest BCUT2D eigenvalue weighted by atomic mass is 10.1. The van der Waals surface area contributed by atoms with Crippen molar-refractivity contribution < 1.29 is 14.3 Å². The minimum Gasteiger partial charge on any atom is -0.494 e. The van der Waals surface area contributed by atoms with Gasteiger partial charge in [-0.1, -0.05) is 49.4 Å². The fourth-order valence-electron chi connectivity index (χ4n) is 3.08. The molecular formula is C26H30N2O3. The second-order valence-corrected chi connectivity index (χ2v) is 7.24. The molecule has 3 aromatic rings. The lowest BCUT2D eigenvalue weighted by Gasteiger charge is -2.11. The van der Waals surface area contributed by atoms with Crippen LogP contribution in [0.3, 0.4) is 0 Å². The van der Waals surface area contributed by atoms with Crippen molar-refractivity contribution >= 4 is 17.3 Å². The second-order valence-electron chi connectivity index (χ2n) is 7.24. The molecule has 0 saturated heterocycles. The van der Waals surface area contributed by atoms with Gasteiger partial charge < -0.3 is 20.1 Å². The van der Waals surface area contributed by atoms with Crippen LogP contribution in [-0.2, 0) is 11.2 Å². The standard InChI is InChI=1S/C26H30N2O3/c1-2-16-30-24-14-6-12-22(18-24)27-20-26(29)28-23-13-7-15-25(19-23)31-17-8-11-21-9-4-3-5-10-21/h3-7,9-10,12-15,18-19,27H,2,8,11,16-17,20H2,1H3,(H,28,29). The molecule has 5 heteroatoms. The van der Waals surface area contributed by atoms with E-state index in [2.05, 4.69) is 29.7 Å². The third-order valence-electron chi connectivity index (χ3n) is 4.60. The lowest BCUT2D eigenvalue weighted by Crippen LogP contribution is -2.21. The van der Waals surface area contributed by atoms with Crippen LogP contribution in [0, 0.1) is 0 Å². The molecule has 0 aliphatic rings. The minimum atomic E-state index is -0.124. The van der Waals surface area contributed by atoms with E-state index >= 15 is 0 Å². The molecule has 0 saturated carbocycles. The monoisotopic (exact) mass is 418 g/mol. The quantitative estimate of drug-likeness (QED) is 0.379. The van der Waals surface area contributed by atoms with E-state index < -0.39 is 0 Å².